The molecule has 0 spiro atoms. The van der Waals surface area contributed by atoms with Gasteiger partial charge in [-0.2, -0.15) is 23.5 Å². The second-order valence-corrected chi connectivity index (χ2v) is 6.39. The summed E-state index contributed by atoms with van der Waals surface area (Å²) in [5.41, 5.74) is 0. The van der Waals surface area contributed by atoms with Gasteiger partial charge in [-0.25, -0.2) is 0 Å². The Bertz CT molecular complexity index is 221. The quantitative estimate of drug-likeness (QED) is 0.310. The monoisotopic (exact) mass is 403 g/mol. The van der Waals surface area contributed by atoms with E-state index >= 15 is 0 Å². The van der Waals surface area contributed by atoms with E-state index in [1.54, 1.807) is 0 Å². The van der Waals surface area contributed by atoms with Crippen LogP contribution in [0.5, 0.6) is 0 Å². The zero-order valence-electron chi connectivity index (χ0n) is 11.4. The van der Waals surface area contributed by atoms with E-state index in [0.29, 0.717) is 6.04 Å². The fraction of sp³-hybridized carbons (Fsp3) is 0.917. The van der Waals surface area contributed by atoms with Crippen LogP contribution in [0.2, 0.25) is 0 Å². The lowest BCUT2D eigenvalue weighted by Gasteiger charge is -2.24. The van der Waals surface area contributed by atoms with Gasteiger partial charge in [0.25, 0.3) is 0 Å². The highest BCUT2D eigenvalue weighted by Gasteiger charge is 2.14. The normalized spacial score (nSPS) is 20.1. The van der Waals surface area contributed by atoms with Crippen molar-refractivity contribution in [3.63, 3.8) is 0 Å². The molecule has 6 heteroatoms. The van der Waals surface area contributed by atoms with Crippen molar-refractivity contribution in [2.24, 2.45) is 4.99 Å². The lowest BCUT2D eigenvalue weighted by Crippen LogP contribution is -2.45. The number of hydrogen-bond donors (Lipinski definition) is 2. The second-order valence-electron chi connectivity index (χ2n) is 4.26. The largest absolute Gasteiger partial charge is 0.356 e. The van der Waals surface area contributed by atoms with Gasteiger partial charge in [0, 0.05) is 25.4 Å². The van der Waals surface area contributed by atoms with Gasteiger partial charge in [0.1, 0.15) is 0 Å². The standard InChI is InChI=1S/C12H25N3S2.HI/c1-13-12(14-7-3-4-8-16-2)15-11-6-5-9-17-10-11;/h11H,3-10H2,1-2H3,(H2,13,14,15);1H. The van der Waals surface area contributed by atoms with Crippen LogP contribution in [0.25, 0.3) is 0 Å². The number of unbranched alkanes of at least 4 members (excludes halogenated alkanes) is 1. The van der Waals surface area contributed by atoms with Crippen molar-refractivity contribution in [2.45, 2.75) is 31.7 Å². The third kappa shape index (κ3) is 8.74. The van der Waals surface area contributed by atoms with Crippen molar-refractivity contribution < 1.29 is 0 Å². The molecule has 1 aliphatic rings. The number of thioether (sulfide) groups is 2. The van der Waals surface area contributed by atoms with E-state index in [4.69, 9.17) is 0 Å². The zero-order chi connectivity index (χ0) is 12.3. The summed E-state index contributed by atoms with van der Waals surface area (Å²) in [5, 5.41) is 6.91. The van der Waals surface area contributed by atoms with E-state index in [2.05, 4.69) is 21.9 Å². The van der Waals surface area contributed by atoms with Crippen LogP contribution < -0.4 is 10.6 Å². The highest BCUT2D eigenvalue weighted by atomic mass is 127. The summed E-state index contributed by atoms with van der Waals surface area (Å²) in [7, 11) is 1.85. The van der Waals surface area contributed by atoms with Crippen LogP contribution in [0.3, 0.4) is 0 Å². The molecule has 0 aromatic carbocycles. The van der Waals surface area contributed by atoms with Crippen molar-refractivity contribution in [3.8, 4) is 0 Å². The molecule has 1 saturated heterocycles. The molecule has 0 saturated carbocycles. The van der Waals surface area contributed by atoms with Crippen LogP contribution in [-0.2, 0) is 0 Å². The highest BCUT2D eigenvalue weighted by molar-refractivity contribution is 14.0. The minimum Gasteiger partial charge on any atom is -0.356 e. The molecule has 1 atom stereocenters. The lowest BCUT2D eigenvalue weighted by molar-refractivity contribution is 0.580. The minimum absolute atomic E-state index is 0. The number of halogens is 1. The van der Waals surface area contributed by atoms with Gasteiger partial charge in [0.05, 0.1) is 0 Å². The van der Waals surface area contributed by atoms with E-state index in [1.807, 2.05) is 30.6 Å². The Labute approximate surface area is 137 Å². The van der Waals surface area contributed by atoms with Crippen LogP contribution in [0.15, 0.2) is 4.99 Å². The van der Waals surface area contributed by atoms with Crippen molar-refractivity contribution in [3.05, 3.63) is 0 Å². The van der Waals surface area contributed by atoms with Gasteiger partial charge in [-0.15, -0.1) is 24.0 Å². The smallest absolute Gasteiger partial charge is 0.191 e. The Morgan fingerprint density at radius 3 is 2.89 bits per heavy atom. The second kappa shape index (κ2) is 12.7. The maximum Gasteiger partial charge on any atom is 0.191 e. The van der Waals surface area contributed by atoms with E-state index in [0.717, 1.165) is 12.5 Å². The van der Waals surface area contributed by atoms with Crippen LogP contribution in [0, 0.1) is 0 Å². The number of rotatable bonds is 6. The molecule has 0 aromatic heterocycles. The summed E-state index contributed by atoms with van der Waals surface area (Å²) in [6.07, 6.45) is 7.27. The summed E-state index contributed by atoms with van der Waals surface area (Å²) in [6.45, 7) is 1.03. The van der Waals surface area contributed by atoms with Crippen molar-refractivity contribution in [1.82, 2.24) is 10.6 Å². The van der Waals surface area contributed by atoms with E-state index in [-0.39, 0.29) is 24.0 Å². The fourth-order valence-electron chi connectivity index (χ4n) is 1.82. The van der Waals surface area contributed by atoms with E-state index < -0.39 is 0 Å². The van der Waals surface area contributed by atoms with Gasteiger partial charge in [-0.05, 0) is 43.4 Å². The van der Waals surface area contributed by atoms with Gasteiger partial charge in [-0.1, -0.05) is 0 Å². The first-order valence-corrected chi connectivity index (χ1v) is 8.95. The molecule has 3 nitrogen and oxygen atoms in total. The molecule has 1 rings (SSSR count). The molecule has 2 N–H and O–H groups in total. The van der Waals surface area contributed by atoms with Crippen LogP contribution in [0.1, 0.15) is 25.7 Å². The predicted molar refractivity (Wildman–Crippen MR) is 97.9 cm³/mol. The summed E-state index contributed by atoms with van der Waals surface area (Å²) in [6, 6.07) is 0.603. The zero-order valence-corrected chi connectivity index (χ0v) is 15.4. The summed E-state index contributed by atoms with van der Waals surface area (Å²) in [5.74, 6) is 4.76. The maximum atomic E-state index is 4.28. The molecule has 0 aromatic rings. The summed E-state index contributed by atoms with van der Waals surface area (Å²) in [4.78, 5) is 4.28. The topological polar surface area (TPSA) is 36.4 Å². The molecule has 0 radical (unpaired) electrons. The van der Waals surface area contributed by atoms with E-state index in [9.17, 15) is 0 Å². The predicted octanol–water partition coefficient (Wildman–Crippen LogP) is 2.81. The van der Waals surface area contributed by atoms with Crippen LogP contribution in [-0.4, -0.2) is 49.1 Å². The molecule has 1 unspecified atom stereocenters. The first kappa shape index (κ1) is 18.7. The Hall–Kier alpha value is 0.700. The van der Waals surface area contributed by atoms with E-state index in [1.165, 1.54) is 42.9 Å². The molecule has 1 aliphatic heterocycles. The molecule has 1 fully saturated rings. The van der Waals surface area contributed by atoms with Gasteiger partial charge < -0.3 is 10.6 Å². The minimum atomic E-state index is 0. The average Bonchev–Trinajstić information content (AvgIpc) is 2.38. The van der Waals surface area contributed by atoms with Crippen LogP contribution in [0.4, 0.5) is 0 Å². The molecule has 18 heavy (non-hydrogen) atoms. The molecular formula is C12H26IN3S2. The molecule has 108 valence electrons. The van der Waals surface area contributed by atoms with Crippen molar-refractivity contribution >= 4 is 53.5 Å². The third-order valence-electron chi connectivity index (χ3n) is 2.79. The Balaban J connectivity index is 0.00000289. The molecule has 0 bridgehead atoms. The number of nitrogens with one attached hydrogen (secondary N) is 2. The summed E-state index contributed by atoms with van der Waals surface area (Å²) < 4.78 is 0. The number of hydrogen-bond acceptors (Lipinski definition) is 3. The van der Waals surface area contributed by atoms with Gasteiger partial charge >= 0.3 is 0 Å². The number of nitrogens with zero attached hydrogens (tertiary/aromatic N) is 1. The Morgan fingerprint density at radius 2 is 2.28 bits per heavy atom. The first-order chi connectivity index (χ1) is 8.36. The fourth-order valence-corrected chi connectivity index (χ4v) is 3.39. The molecule has 0 amide bonds. The van der Waals surface area contributed by atoms with Crippen molar-refractivity contribution in [1.29, 1.82) is 0 Å². The molecular weight excluding hydrogens is 377 g/mol. The van der Waals surface area contributed by atoms with Gasteiger partial charge in [0.2, 0.25) is 0 Å². The van der Waals surface area contributed by atoms with Gasteiger partial charge in [-0.3, -0.25) is 4.99 Å². The van der Waals surface area contributed by atoms with Crippen LogP contribution >= 0.6 is 47.5 Å². The Kier molecular flexibility index (Phi) is 13.2. The summed E-state index contributed by atoms with van der Waals surface area (Å²) >= 11 is 3.96. The Morgan fingerprint density at radius 1 is 1.44 bits per heavy atom. The number of guanidine groups is 1. The highest BCUT2D eigenvalue weighted by Crippen LogP contribution is 2.16. The van der Waals surface area contributed by atoms with Crippen molar-refractivity contribution in [2.75, 3.05) is 37.1 Å². The van der Waals surface area contributed by atoms with Gasteiger partial charge in [0.15, 0.2) is 5.96 Å². The lowest BCUT2D eigenvalue weighted by atomic mass is 10.2. The first-order valence-electron chi connectivity index (χ1n) is 6.40. The molecule has 1 heterocycles. The third-order valence-corrected chi connectivity index (χ3v) is 4.70. The molecule has 0 aliphatic carbocycles. The number of aliphatic imine (C=N–C) groups is 1. The SMILES string of the molecule is CN=C(NCCCCSC)NC1CCCSC1.I. The maximum absolute atomic E-state index is 4.28. The average molecular weight is 403 g/mol.